The van der Waals surface area contributed by atoms with Crippen molar-refractivity contribution in [1.82, 2.24) is 26.6 Å². The molecule has 2 aromatic rings. The van der Waals surface area contributed by atoms with Gasteiger partial charge in [-0.15, -0.1) is 0 Å². The largest absolute Gasteiger partial charge is 0.508 e. The van der Waals surface area contributed by atoms with E-state index in [1.807, 2.05) is 38.2 Å². The number of esters is 1. The lowest BCUT2D eigenvalue weighted by atomic mass is 9.45. The van der Waals surface area contributed by atoms with Gasteiger partial charge in [0.2, 0.25) is 5.78 Å². The summed E-state index contributed by atoms with van der Waals surface area (Å²) in [7, 11) is 1.97. The molecule has 90 heavy (non-hydrogen) atoms. The molecule has 14 heteroatoms. The summed E-state index contributed by atoms with van der Waals surface area (Å²) in [4.78, 5) is 49.8. The van der Waals surface area contributed by atoms with Crippen LogP contribution in [-0.2, 0) is 20.7 Å². The van der Waals surface area contributed by atoms with Gasteiger partial charge < -0.3 is 57.1 Å². The van der Waals surface area contributed by atoms with Crippen LogP contribution in [0.3, 0.4) is 0 Å². The molecule has 5 fully saturated rings. The van der Waals surface area contributed by atoms with E-state index in [2.05, 4.69) is 83.1 Å². The summed E-state index contributed by atoms with van der Waals surface area (Å²) in [5, 5.41) is 55.2. The van der Waals surface area contributed by atoms with Crippen LogP contribution >= 0.6 is 0 Å². The third kappa shape index (κ3) is 9.68. The number of Topliss-reactive ketones (excluding diaryl/α,β-unsaturated/α-hetero) is 2. The molecule has 0 aromatic heterocycles. The maximum Gasteiger partial charge on any atom is 0.350 e. The summed E-state index contributed by atoms with van der Waals surface area (Å²) in [5.41, 5.74) is 11.4. The lowest BCUT2D eigenvalue weighted by Crippen LogP contribution is -2.68. The van der Waals surface area contributed by atoms with E-state index in [-0.39, 0.29) is 77.0 Å². The Bertz CT molecular complexity index is 3500. The molecule has 4 saturated carbocycles. The number of fused-ring (bicyclic) bond motifs is 4. The number of nitrogens with two attached hydrogens (primary N) is 1. The Labute approximate surface area is 532 Å². The number of aliphatic hydroxyl groups is 2. The first-order chi connectivity index (χ1) is 43.5. The highest BCUT2D eigenvalue weighted by atomic mass is 16.7. The van der Waals surface area contributed by atoms with Crippen molar-refractivity contribution >= 4 is 17.5 Å². The van der Waals surface area contributed by atoms with E-state index >= 15 is 14.4 Å². The first-order valence-electron chi connectivity index (χ1n) is 35.0. The van der Waals surface area contributed by atoms with E-state index in [0.29, 0.717) is 68.7 Å². The highest BCUT2D eigenvalue weighted by Gasteiger charge is 2.86. The highest BCUT2D eigenvalue weighted by Crippen LogP contribution is 2.71. The summed E-state index contributed by atoms with van der Waals surface area (Å²) in [6, 6.07) is 13.4. The lowest BCUT2D eigenvalue weighted by molar-refractivity contribution is -0.199. The van der Waals surface area contributed by atoms with Crippen molar-refractivity contribution in [3.05, 3.63) is 146 Å². The number of hydrogen-bond acceptors (Lipinski definition) is 14. The van der Waals surface area contributed by atoms with E-state index in [0.717, 1.165) is 118 Å². The molecule has 11 bridgehead atoms. The minimum Gasteiger partial charge on any atom is -0.508 e. The number of allylic oxidation sites excluding steroid dienone is 8. The average Bonchev–Trinajstić information content (AvgIpc) is 1.47. The van der Waals surface area contributed by atoms with Gasteiger partial charge >= 0.3 is 5.97 Å². The highest BCUT2D eigenvalue weighted by molar-refractivity contribution is 6.33. The maximum atomic E-state index is 16.9. The standard InChI is InChI=1S/C76H98N6O8/c1-5-81-74-38-49-16-10-14-46-13-6-7-25-71(3)36-45-31-58(68(77)80-41-45)56(48-15-11-18-52(84)32-48)34-60-59(40-74)57(35-62(85)73(60)29-28-72(43-73)26-8-9-27-72)65(61(74)33-55(46)49)89-70(88)76-67(87)64-50(37-71)17-12-19-54(64)66(86)75(76,90-76)39-51(42-83)44(2)20-21-47-24-30-79-69-53(47)22-23-63(78-4)82-69/h10-12,15-19,24,31-32,38,41,46,55-57,59-63,65,68,78-85H,5-9,13-14,20-23,25-30,33-37,39-40,42-43,77H2,1-4H3. The minimum atomic E-state index is -2.32. The third-order valence-corrected chi connectivity index (χ3v) is 26.3. The van der Waals surface area contributed by atoms with Gasteiger partial charge in [-0.25, -0.2) is 4.79 Å². The Morgan fingerprint density at radius 1 is 0.933 bits per heavy atom. The first-order valence-corrected chi connectivity index (χ1v) is 35.0. The number of ketones is 2. The SMILES string of the molecule is CCNC12C=C3C=CCC4CCCCC5(C)CC6=CNC(N)C(=C6)C(c6cccc(O)c6)CC6C(C1)C(CC(O)C61CCC6(CCCC6)C1)C(OC(=O)C16OC1(CC(CO)=C(C)CCC1=CCNC7=C1CCC(NC)N7)C(=O)c1cccc(c1C6=O)C5)C2CC34. The minimum absolute atomic E-state index is 0.0803. The number of nitrogens with one attached hydrogen (secondary N) is 5. The molecule has 0 radical (unpaired) electrons. The summed E-state index contributed by atoms with van der Waals surface area (Å²) >= 11 is 0. The zero-order chi connectivity index (χ0) is 62.1. The number of rotatable bonds is 10. The molecule has 3 spiro atoms. The maximum absolute atomic E-state index is 16.9. The molecule has 6 aliphatic heterocycles. The van der Waals surface area contributed by atoms with Crippen molar-refractivity contribution in [2.24, 2.45) is 57.5 Å². The van der Waals surface area contributed by atoms with E-state index in [9.17, 15) is 15.3 Å². The van der Waals surface area contributed by atoms with Gasteiger partial charge in [-0.3, -0.25) is 9.59 Å². The summed E-state index contributed by atoms with van der Waals surface area (Å²) in [6.07, 6.45) is 31.4. The normalized spacial score (nSPS) is 39.9. The van der Waals surface area contributed by atoms with Gasteiger partial charge in [0, 0.05) is 53.6 Å². The van der Waals surface area contributed by atoms with E-state index in [1.54, 1.807) is 12.1 Å². The van der Waals surface area contributed by atoms with E-state index < -0.39 is 63.5 Å². The molecule has 13 aliphatic rings. The number of aliphatic hydroxyl groups excluding tert-OH is 2. The fraction of sp³-hybridized carbons (Fsp3) is 0.618. The Hall–Kier alpha value is -5.61. The molecule has 0 amide bonds. The monoisotopic (exact) mass is 1220 g/mol. The van der Waals surface area contributed by atoms with Crippen LogP contribution in [0.15, 0.2) is 124 Å². The Morgan fingerprint density at radius 2 is 1.77 bits per heavy atom. The number of benzene rings is 2. The molecule has 480 valence electrons. The van der Waals surface area contributed by atoms with Gasteiger partial charge in [0.1, 0.15) is 17.7 Å². The van der Waals surface area contributed by atoms with Crippen LogP contribution in [0.4, 0.5) is 0 Å². The van der Waals surface area contributed by atoms with Gasteiger partial charge in [0.15, 0.2) is 11.4 Å². The number of phenols is 1. The summed E-state index contributed by atoms with van der Waals surface area (Å²) < 4.78 is 14.6. The van der Waals surface area contributed by atoms with Crippen LogP contribution in [0, 0.1) is 51.8 Å². The molecule has 6 heterocycles. The lowest BCUT2D eigenvalue weighted by Gasteiger charge is -2.63. The van der Waals surface area contributed by atoms with Crippen LogP contribution in [0.1, 0.15) is 200 Å². The predicted molar refractivity (Wildman–Crippen MR) is 347 cm³/mol. The molecule has 2 aromatic carbocycles. The van der Waals surface area contributed by atoms with Crippen molar-refractivity contribution in [2.45, 2.75) is 216 Å². The Balaban J connectivity index is 0.922. The second kappa shape index (κ2) is 22.9. The molecular formula is C76H98N6O8. The molecule has 16 atom stereocenters. The van der Waals surface area contributed by atoms with Crippen LogP contribution < -0.4 is 32.3 Å². The van der Waals surface area contributed by atoms with Crippen molar-refractivity contribution in [1.29, 1.82) is 0 Å². The van der Waals surface area contributed by atoms with Crippen molar-refractivity contribution < 1.29 is 39.2 Å². The number of carbonyl (C=O) groups excluding carboxylic acids is 3. The fourth-order valence-corrected chi connectivity index (χ4v) is 21.9. The molecular weight excluding hydrogens is 1120 g/mol. The quantitative estimate of drug-likeness (QED) is 0.0468. The zero-order valence-electron chi connectivity index (χ0n) is 53.7. The number of phenolic OH excluding ortho intramolecular Hbond substituents is 1. The van der Waals surface area contributed by atoms with E-state index in [4.69, 9.17) is 15.2 Å². The smallest absolute Gasteiger partial charge is 0.350 e. The second-order valence-electron chi connectivity index (χ2n) is 31.1. The number of dihydropyridines is 2. The molecule has 14 nitrogen and oxygen atoms in total. The van der Waals surface area contributed by atoms with Gasteiger partial charge in [0.25, 0.3) is 5.60 Å². The Morgan fingerprint density at radius 3 is 2.58 bits per heavy atom. The van der Waals surface area contributed by atoms with Crippen LogP contribution in [-0.4, -0.2) is 101 Å². The number of aromatic hydroxyl groups is 1. The topological polar surface area (TPSA) is 220 Å². The zero-order valence-corrected chi connectivity index (χ0v) is 53.7. The van der Waals surface area contributed by atoms with Gasteiger partial charge in [0.05, 0.1) is 25.0 Å². The molecule has 1 saturated heterocycles. The van der Waals surface area contributed by atoms with Crippen molar-refractivity contribution in [3.8, 4) is 5.75 Å². The second-order valence-corrected chi connectivity index (χ2v) is 31.1. The van der Waals surface area contributed by atoms with Crippen molar-refractivity contribution in [3.63, 3.8) is 0 Å². The van der Waals surface area contributed by atoms with Crippen LogP contribution in [0.2, 0.25) is 0 Å². The third-order valence-electron chi connectivity index (χ3n) is 26.3. The number of ether oxygens (including phenoxy) is 2. The molecule has 16 unspecified atom stereocenters. The number of carbonyl (C=O) groups is 3. The summed E-state index contributed by atoms with van der Waals surface area (Å²) in [5.74, 6) is -0.912. The predicted octanol–water partition coefficient (Wildman–Crippen LogP) is 11.0. The van der Waals surface area contributed by atoms with E-state index in [1.165, 1.54) is 29.6 Å². The fourth-order valence-electron chi connectivity index (χ4n) is 21.9. The number of likely N-dealkylation sites (N-methyl/N-ethyl adjacent to an activating group) is 1. The molecule has 7 aliphatic carbocycles. The molecule has 10 N–H and O–H groups in total. The first kappa shape index (κ1) is 60.6. The summed E-state index contributed by atoms with van der Waals surface area (Å²) in [6.45, 7) is 7.51. The van der Waals surface area contributed by atoms with Gasteiger partial charge in [-0.1, -0.05) is 106 Å². The number of hydrogen-bond donors (Lipinski definition) is 9. The van der Waals surface area contributed by atoms with Gasteiger partial charge in [-0.2, -0.15) is 0 Å². The number of epoxide rings is 1. The van der Waals surface area contributed by atoms with Crippen LogP contribution in [0.25, 0.3) is 0 Å². The average molecular weight is 1220 g/mol. The van der Waals surface area contributed by atoms with Gasteiger partial charge in [-0.05, 0) is 233 Å². The van der Waals surface area contributed by atoms with Crippen molar-refractivity contribution in [2.75, 3.05) is 26.7 Å². The Kier molecular flexibility index (Phi) is 15.4. The molecule has 15 rings (SSSR count). The van der Waals surface area contributed by atoms with Crippen LogP contribution in [0.5, 0.6) is 5.75 Å².